The van der Waals surface area contributed by atoms with Crippen molar-refractivity contribution in [2.24, 2.45) is 0 Å². The summed E-state index contributed by atoms with van der Waals surface area (Å²) in [5.74, 6) is 2.74. The second kappa shape index (κ2) is 10.1. The van der Waals surface area contributed by atoms with Crippen LogP contribution in [0.3, 0.4) is 0 Å². The predicted octanol–water partition coefficient (Wildman–Crippen LogP) is 5.06. The quantitative estimate of drug-likeness (QED) is 0.349. The Hall–Kier alpha value is -3.99. The van der Waals surface area contributed by atoms with Gasteiger partial charge in [-0.05, 0) is 60.7 Å². The monoisotopic (exact) mass is 521 g/mol. The van der Waals surface area contributed by atoms with Crippen LogP contribution in [0, 0.1) is 0 Å². The first-order chi connectivity index (χ1) is 18.4. The van der Waals surface area contributed by atoms with E-state index in [-0.39, 0.29) is 5.75 Å². The predicted molar refractivity (Wildman–Crippen MR) is 139 cm³/mol. The number of alkyl halides is 3. The summed E-state index contributed by atoms with van der Waals surface area (Å²) in [4.78, 5) is 21.1. The maximum absolute atomic E-state index is 12.4. The van der Waals surface area contributed by atoms with Gasteiger partial charge in [0.25, 0.3) is 0 Å². The van der Waals surface area contributed by atoms with Crippen LogP contribution in [0.25, 0.3) is 22.3 Å². The Kier molecular flexibility index (Phi) is 6.44. The number of nitrogens with zero attached hydrogens (tertiary/aromatic N) is 5. The van der Waals surface area contributed by atoms with Crippen molar-refractivity contribution in [3.8, 4) is 17.1 Å². The number of halogens is 3. The lowest BCUT2D eigenvalue weighted by atomic mass is 10.1. The van der Waals surface area contributed by atoms with E-state index in [0.717, 1.165) is 48.5 Å². The number of piperazine rings is 1. The topological polar surface area (TPSA) is 88.1 Å². The third-order valence-electron chi connectivity index (χ3n) is 6.60. The van der Waals surface area contributed by atoms with E-state index in [4.69, 9.17) is 14.7 Å². The Bertz CT molecular complexity index is 1440. The normalized spacial score (nSPS) is 16.0. The number of fused-ring (bicyclic) bond motifs is 1. The number of hydrogen-bond donors (Lipinski definition) is 2. The Balaban J connectivity index is 1.29. The minimum absolute atomic E-state index is 0.138. The average Bonchev–Trinajstić information content (AvgIpc) is 3.78. The first-order valence-corrected chi connectivity index (χ1v) is 12.6. The summed E-state index contributed by atoms with van der Waals surface area (Å²) in [6, 6.07) is 9.96. The van der Waals surface area contributed by atoms with Gasteiger partial charge in [-0.1, -0.05) is 0 Å². The van der Waals surface area contributed by atoms with E-state index in [1.165, 1.54) is 30.5 Å². The highest BCUT2D eigenvalue weighted by Crippen LogP contribution is 2.44. The molecular weight excluding hydrogens is 495 g/mol. The molecule has 11 heteroatoms. The molecule has 4 heterocycles. The molecule has 8 nitrogen and oxygen atoms in total. The van der Waals surface area contributed by atoms with Crippen molar-refractivity contribution in [1.29, 1.82) is 0 Å². The van der Waals surface area contributed by atoms with Gasteiger partial charge in [-0.15, -0.1) is 0 Å². The van der Waals surface area contributed by atoms with Crippen molar-refractivity contribution in [1.82, 2.24) is 25.3 Å². The van der Waals surface area contributed by atoms with Gasteiger partial charge in [0.05, 0.1) is 11.7 Å². The average molecular weight is 522 g/mol. The Morgan fingerprint density at radius 2 is 1.82 bits per heavy atom. The van der Waals surface area contributed by atoms with Gasteiger partial charge in [0.15, 0.2) is 12.4 Å². The molecule has 1 saturated carbocycles. The molecule has 0 spiro atoms. The van der Waals surface area contributed by atoms with E-state index in [0.29, 0.717) is 23.2 Å². The molecule has 1 aromatic carbocycles. The van der Waals surface area contributed by atoms with Gasteiger partial charge < -0.3 is 20.3 Å². The summed E-state index contributed by atoms with van der Waals surface area (Å²) < 4.78 is 42.0. The molecule has 0 atom stereocenters. The Labute approximate surface area is 217 Å². The Morgan fingerprint density at radius 1 is 1.03 bits per heavy atom. The smallest absolute Gasteiger partial charge is 0.422 e. The van der Waals surface area contributed by atoms with Crippen LogP contribution in [0.4, 0.5) is 30.5 Å². The second-order valence-electron chi connectivity index (χ2n) is 9.49. The number of anilines is 3. The molecule has 196 valence electrons. The Morgan fingerprint density at radius 3 is 2.55 bits per heavy atom. The van der Waals surface area contributed by atoms with Crippen molar-refractivity contribution in [3.05, 3.63) is 60.6 Å². The van der Waals surface area contributed by atoms with Gasteiger partial charge in [0.1, 0.15) is 17.4 Å². The van der Waals surface area contributed by atoms with Gasteiger partial charge in [0.2, 0.25) is 0 Å². The van der Waals surface area contributed by atoms with E-state index < -0.39 is 12.8 Å². The largest absolute Gasteiger partial charge is 0.484 e. The summed E-state index contributed by atoms with van der Waals surface area (Å²) in [7, 11) is 0. The molecule has 2 aliphatic rings. The van der Waals surface area contributed by atoms with Crippen molar-refractivity contribution < 1.29 is 17.9 Å². The minimum Gasteiger partial charge on any atom is -0.484 e. The van der Waals surface area contributed by atoms with E-state index in [9.17, 15) is 13.2 Å². The fourth-order valence-electron chi connectivity index (χ4n) is 4.61. The van der Waals surface area contributed by atoms with Crippen molar-refractivity contribution in [2.45, 2.75) is 24.9 Å². The molecule has 2 fully saturated rings. The second-order valence-corrected chi connectivity index (χ2v) is 9.49. The molecule has 0 bridgehead atoms. The first kappa shape index (κ1) is 24.4. The van der Waals surface area contributed by atoms with E-state index in [2.05, 4.69) is 25.5 Å². The maximum atomic E-state index is 12.4. The molecule has 4 aromatic rings. The minimum atomic E-state index is -4.38. The van der Waals surface area contributed by atoms with Gasteiger partial charge in [0, 0.05) is 55.2 Å². The lowest BCUT2D eigenvalue weighted by Gasteiger charge is -2.30. The van der Waals surface area contributed by atoms with Gasteiger partial charge >= 0.3 is 6.18 Å². The van der Waals surface area contributed by atoms with Crippen molar-refractivity contribution in [3.63, 3.8) is 0 Å². The zero-order valence-electron chi connectivity index (χ0n) is 20.5. The number of nitrogens with one attached hydrogen (secondary N) is 2. The summed E-state index contributed by atoms with van der Waals surface area (Å²) in [6.07, 6.45) is 3.39. The third-order valence-corrected chi connectivity index (χ3v) is 6.60. The number of ether oxygens (including phenoxy) is 1. The van der Waals surface area contributed by atoms with Crippen LogP contribution in [0.15, 0.2) is 55.0 Å². The molecule has 0 radical (unpaired) electrons. The van der Waals surface area contributed by atoms with Gasteiger partial charge in [-0.3, -0.25) is 4.98 Å². The molecule has 6 rings (SSSR count). The van der Waals surface area contributed by atoms with Crippen molar-refractivity contribution in [2.75, 3.05) is 43.0 Å². The molecule has 38 heavy (non-hydrogen) atoms. The summed E-state index contributed by atoms with van der Waals surface area (Å²) in [6.45, 7) is 2.19. The van der Waals surface area contributed by atoms with Crippen LogP contribution >= 0.6 is 0 Å². The van der Waals surface area contributed by atoms with Crippen LogP contribution in [-0.4, -0.2) is 58.9 Å². The zero-order valence-corrected chi connectivity index (χ0v) is 20.5. The van der Waals surface area contributed by atoms with Gasteiger partial charge in [-0.25, -0.2) is 15.0 Å². The lowest BCUT2D eigenvalue weighted by Crippen LogP contribution is -2.44. The number of rotatable bonds is 7. The van der Waals surface area contributed by atoms with Crippen LogP contribution < -0.4 is 20.3 Å². The van der Waals surface area contributed by atoms with Crippen LogP contribution in [0.2, 0.25) is 0 Å². The molecule has 0 unspecified atom stereocenters. The SMILES string of the molecule is FC(F)(F)COc1ccc(Nc2cc(-c3nc(N4CCNCC4)c4c(C5CC5)cncc4n3)ccn2)cc1. The molecule has 1 saturated heterocycles. The highest BCUT2D eigenvalue weighted by atomic mass is 19.4. The molecule has 3 aromatic heterocycles. The fraction of sp³-hybridized carbons (Fsp3) is 0.333. The van der Waals surface area contributed by atoms with Gasteiger partial charge in [-0.2, -0.15) is 13.2 Å². The number of benzene rings is 1. The molecule has 2 N–H and O–H groups in total. The number of aromatic nitrogens is 4. The maximum Gasteiger partial charge on any atom is 0.422 e. The van der Waals surface area contributed by atoms with Crippen LogP contribution in [-0.2, 0) is 0 Å². The summed E-state index contributed by atoms with van der Waals surface area (Å²) >= 11 is 0. The van der Waals surface area contributed by atoms with Crippen molar-refractivity contribution >= 4 is 28.2 Å². The molecule has 1 aliphatic carbocycles. The number of hydrogen-bond acceptors (Lipinski definition) is 8. The fourth-order valence-corrected chi connectivity index (χ4v) is 4.61. The third kappa shape index (κ3) is 5.47. The van der Waals surface area contributed by atoms with Crippen LogP contribution in [0.1, 0.15) is 24.3 Å². The number of pyridine rings is 2. The lowest BCUT2D eigenvalue weighted by molar-refractivity contribution is -0.153. The molecular formula is C27H26F3N7O. The summed E-state index contributed by atoms with van der Waals surface area (Å²) in [5.41, 5.74) is 3.51. The van der Waals surface area contributed by atoms with E-state index in [1.807, 2.05) is 18.3 Å². The highest BCUT2D eigenvalue weighted by molar-refractivity contribution is 5.94. The first-order valence-electron chi connectivity index (χ1n) is 12.6. The van der Waals surface area contributed by atoms with E-state index in [1.54, 1.807) is 24.5 Å². The highest BCUT2D eigenvalue weighted by Gasteiger charge is 2.30. The zero-order chi connectivity index (χ0) is 26.1. The molecule has 0 amide bonds. The summed E-state index contributed by atoms with van der Waals surface area (Å²) in [5, 5.41) is 7.68. The van der Waals surface area contributed by atoms with Crippen LogP contribution in [0.5, 0.6) is 5.75 Å². The van der Waals surface area contributed by atoms with E-state index >= 15 is 0 Å². The standard InChI is InChI=1S/C27H26F3N7O/c28-27(29,30)16-38-20-5-3-19(4-6-20)34-23-13-18(7-8-33-23)25-35-22-15-32-14-21(17-1-2-17)24(22)26(36-25)37-11-9-31-10-12-37/h3-8,13-15,17,31H,1-2,9-12,16H2,(H,33,34). The molecule has 1 aliphatic heterocycles.